The van der Waals surface area contributed by atoms with Crippen molar-refractivity contribution in [2.45, 2.75) is 37.4 Å². The topological polar surface area (TPSA) is 12.5 Å². The van der Waals surface area contributed by atoms with Gasteiger partial charge in [0.25, 0.3) is 5.92 Å². The third kappa shape index (κ3) is 0.748. The van der Waals surface area contributed by atoms with E-state index in [2.05, 4.69) is 0 Å². The third-order valence-corrected chi connectivity index (χ3v) is 2.00. The second-order valence-corrected chi connectivity index (χ2v) is 2.75. The molecule has 0 aromatic carbocycles. The van der Waals surface area contributed by atoms with Gasteiger partial charge in [-0.25, -0.2) is 8.78 Å². The van der Waals surface area contributed by atoms with E-state index in [0.717, 1.165) is 6.42 Å². The van der Waals surface area contributed by atoms with Gasteiger partial charge in [0.2, 0.25) is 0 Å². The van der Waals surface area contributed by atoms with E-state index in [4.69, 9.17) is 4.74 Å². The molecule has 2 aliphatic rings. The van der Waals surface area contributed by atoms with E-state index in [0.29, 0.717) is 6.42 Å². The molecular weight excluding hydrogens is 126 g/mol. The van der Waals surface area contributed by atoms with Crippen LogP contribution in [0.4, 0.5) is 8.78 Å². The smallest absolute Gasteiger partial charge is 0.276 e. The number of epoxide rings is 1. The van der Waals surface area contributed by atoms with Gasteiger partial charge in [-0.05, 0) is 12.8 Å². The van der Waals surface area contributed by atoms with Crippen LogP contribution in [0.1, 0.15) is 19.3 Å². The zero-order valence-corrected chi connectivity index (χ0v) is 4.94. The summed E-state index contributed by atoms with van der Waals surface area (Å²) < 4.78 is 29.8. The molecule has 3 heteroatoms. The van der Waals surface area contributed by atoms with Crippen LogP contribution in [0.25, 0.3) is 0 Å². The van der Waals surface area contributed by atoms with E-state index >= 15 is 0 Å². The molecule has 1 aliphatic carbocycles. The summed E-state index contributed by atoms with van der Waals surface area (Å²) in [6, 6.07) is 0. The lowest BCUT2D eigenvalue weighted by Crippen LogP contribution is -2.28. The summed E-state index contributed by atoms with van der Waals surface area (Å²) in [5.74, 6) is -2.51. The van der Waals surface area contributed by atoms with Crippen LogP contribution in [-0.4, -0.2) is 18.1 Å². The highest BCUT2D eigenvalue weighted by atomic mass is 19.3. The van der Waals surface area contributed by atoms with Crippen LogP contribution in [0.2, 0.25) is 0 Å². The predicted molar refractivity (Wildman–Crippen MR) is 27.5 cm³/mol. The molecule has 2 atom stereocenters. The molecule has 1 saturated heterocycles. The minimum atomic E-state index is -2.51. The van der Waals surface area contributed by atoms with Crippen LogP contribution in [0.15, 0.2) is 0 Å². The van der Waals surface area contributed by atoms with E-state index in [9.17, 15) is 8.78 Å². The first kappa shape index (κ1) is 5.59. The molecule has 1 saturated carbocycles. The van der Waals surface area contributed by atoms with Gasteiger partial charge in [0.1, 0.15) is 6.10 Å². The highest BCUT2D eigenvalue weighted by molar-refractivity contribution is 4.99. The fourth-order valence-corrected chi connectivity index (χ4v) is 1.42. The largest absolute Gasteiger partial charge is 0.363 e. The van der Waals surface area contributed by atoms with E-state index in [1.165, 1.54) is 0 Å². The van der Waals surface area contributed by atoms with Crippen molar-refractivity contribution in [1.29, 1.82) is 0 Å². The maximum atomic E-state index is 12.5. The van der Waals surface area contributed by atoms with Crippen molar-refractivity contribution in [2.24, 2.45) is 0 Å². The minimum Gasteiger partial charge on any atom is -0.363 e. The molecule has 0 N–H and O–H groups in total. The molecule has 0 aromatic rings. The molecule has 0 amide bonds. The third-order valence-electron chi connectivity index (χ3n) is 2.00. The molecule has 52 valence electrons. The Morgan fingerprint density at radius 3 is 2.78 bits per heavy atom. The fourth-order valence-electron chi connectivity index (χ4n) is 1.42. The van der Waals surface area contributed by atoms with Gasteiger partial charge in [0.05, 0.1) is 6.10 Å². The Kier molecular flexibility index (Phi) is 0.903. The molecule has 0 radical (unpaired) electrons. The number of hydrogen-bond acceptors (Lipinski definition) is 1. The second kappa shape index (κ2) is 1.45. The molecule has 1 aliphatic heterocycles. The van der Waals surface area contributed by atoms with Gasteiger partial charge >= 0.3 is 0 Å². The lowest BCUT2D eigenvalue weighted by molar-refractivity contribution is -0.0384. The lowest BCUT2D eigenvalue weighted by Gasteiger charge is -2.16. The Labute approximate surface area is 52.0 Å². The van der Waals surface area contributed by atoms with Crippen molar-refractivity contribution in [2.75, 3.05) is 0 Å². The van der Waals surface area contributed by atoms with Crippen molar-refractivity contribution >= 4 is 0 Å². The van der Waals surface area contributed by atoms with E-state index in [1.807, 2.05) is 0 Å². The SMILES string of the molecule is FC1(F)CCC[C@@H]2O[C@@H]21. The van der Waals surface area contributed by atoms with Crippen LogP contribution >= 0.6 is 0 Å². The molecule has 2 rings (SSSR count). The summed E-state index contributed by atoms with van der Waals surface area (Å²) in [6.45, 7) is 0. The number of halogens is 2. The van der Waals surface area contributed by atoms with Gasteiger partial charge in [-0.1, -0.05) is 0 Å². The second-order valence-electron chi connectivity index (χ2n) is 2.75. The van der Waals surface area contributed by atoms with Crippen molar-refractivity contribution in [3.8, 4) is 0 Å². The summed E-state index contributed by atoms with van der Waals surface area (Å²) in [6.07, 6.45) is 0.655. The summed E-state index contributed by atoms with van der Waals surface area (Å²) in [5, 5.41) is 0. The van der Waals surface area contributed by atoms with E-state index in [-0.39, 0.29) is 12.5 Å². The van der Waals surface area contributed by atoms with Crippen LogP contribution in [0, 0.1) is 0 Å². The number of ether oxygens (including phenoxy) is 1. The molecule has 1 nitrogen and oxygen atoms in total. The summed E-state index contributed by atoms with van der Waals surface area (Å²) in [4.78, 5) is 0. The normalized spacial score (nSPS) is 46.0. The maximum Gasteiger partial charge on any atom is 0.276 e. The highest BCUT2D eigenvalue weighted by Crippen LogP contribution is 2.46. The lowest BCUT2D eigenvalue weighted by atomic mass is 9.97. The average Bonchev–Trinajstić information content (AvgIpc) is 2.43. The van der Waals surface area contributed by atoms with Gasteiger partial charge in [-0.2, -0.15) is 0 Å². The fraction of sp³-hybridized carbons (Fsp3) is 1.00. The van der Waals surface area contributed by atoms with Crippen LogP contribution < -0.4 is 0 Å². The zero-order valence-electron chi connectivity index (χ0n) is 4.94. The molecular formula is C6H8F2O. The number of fused-ring (bicyclic) bond motifs is 1. The molecule has 0 unspecified atom stereocenters. The summed E-state index contributed by atoms with van der Waals surface area (Å²) >= 11 is 0. The Morgan fingerprint density at radius 2 is 2.22 bits per heavy atom. The summed E-state index contributed by atoms with van der Waals surface area (Å²) in [7, 11) is 0. The average molecular weight is 134 g/mol. The highest BCUT2D eigenvalue weighted by Gasteiger charge is 2.58. The van der Waals surface area contributed by atoms with Crippen LogP contribution in [0.5, 0.6) is 0 Å². The van der Waals surface area contributed by atoms with Crippen molar-refractivity contribution in [3.05, 3.63) is 0 Å². The molecule has 9 heavy (non-hydrogen) atoms. The Bertz CT molecular complexity index is 135. The number of rotatable bonds is 0. The molecule has 0 spiro atoms. The molecule has 0 bridgehead atoms. The monoisotopic (exact) mass is 134 g/mol. The van der Waals surface area contributed by atoms with Gasteiger partial charge in [0, 0.05) is 6.42 Å². The minimum absolute atomic E-state index is 0.0220. The number of alkyl halides is 2. The molecule has 1 heterocycles. The molecule has 0 aromatic heterocycles. The van der Waals surface area contributed by atoms with E-state index in [1.54, 1.807) is 0 Å². The zero-order chi connectivity index (χ0) is 6.48. The first-order chi connectivity index (χ1) is 4.20. The summed E-state index contributed by atoms with van der Waals surface area (Å²) in [5.41, 5.74) is 0. The first-order valence-corrected chi connectivity index (χ1v) is 3.23. The Hall–Kier alpha value is -0.180. The van der Waals surface area contributed by atoms with E-state index < -0.39 is 12.0 Å². The van der Waals surface area contributed by atoms with Crippen molar-refractivity contribution in [3.63, 3.8) is 0 Å². The standard InChI is InChI=1S/C6H8F2O/c7-6(8)3-1-2-4-5(6)9-4/h4-5H,1-3H2/t4-,5-/m0/s1. The van der Waals surface area contributed by atoms with Gasteiger partial charge in [-0.15, -0.1) is 0 Å². The van der Waals surface area contributed by atoms with Gasteiger partial charge < -0.3 is 4.74 Å². The van der Waals surface area contributed by atoms with Crippen molar-refractivity contribution < 1.29 is 13.5 Å². The maximum absolute atomic E-state index is 12.5. The Balaban J connectivity index is 2.09. The number of hydrogen-bond donors (Lipinski definition) is 0. The Morgan fingerprint density at radius 1 is 1.44 bits per heavy atom. The molecule has 2 fully saturated rings. The van der Waals surface area contributed by atoms with Gasteiger partial charge in [0.15, 0.2) is 0 Å². The van der Waals surface area contributed by atoms with Crippen LogP contribution in [0.3, 0.4) is 0 Å². The van der Waals surface area contributed by atoms with Gasteiger partial charge in [-0.3, -0.25) is 0 Å². The first-order valence-electron chi connectivity index (χ1n) is 3.23. The predicted octanol–water partition coefficient (Wildman–Crippen LogP) is 1.57. The van der Waals surface area contributed by atoms with Crippen molar-refractivity contribution in [1.82, 2.24) is 0 Å². The van der Waals surface area contributed by atoms with Crippen LogP contribution in [-0.2, 0) is 4.74 Å². The quantitative estimate of drug-likeness (QED) is 0.458.